The zero-order valence-electron chi connectivity index (χ0n) is 15.4. The zero-order chi connectivity index (χ0) is 19.4. The van der Waals surface area contributed by atoms with Crippen LogP contribution in [0, 0.1) is 10.7 Å². The van der Waals surface area contributed by atoms with E-state index in [4.69, 9.17) is 26.1 Å². The zero-order valence-corrected chi connectivity index (χ0v) is 16.2. The van der Waals surface area contributed by atoms with Crippen LogP contribution < -0.4 is 14.4 Å². The summed E-state index contributed by atoms with van der Waals surface area (Å²) in [5, 5.41) is 4.47. The van der Waals surface area contributed by atoms with Crippen LogP contribution in [-0.2, 0) is 13.2 Å². The number of methoxy groups -OCH3 is 2. The van der Waals surface area contributed by atoms with Gasteiger partial charge < -0.3 is 18.8 Å². The van der Waals surface area contributed by atoms with Crippen molar-refractivity contribution in [3.8, 4) is 23.0 Å². The van der Waals surface area contributed by atoms with Gasteiger partial charge in [-0.25, -0.2) is 4.39 Å². The molecular weight excluding hydrogens is 369 g/mol. The molecule has 0 aliphatic rings. The third kappa shape index (κ3) is 4.53. The van der Waals surface area contributed by atoms with Crippen molar-refractivity contribution in [2.24, 2.45) is 0 Å². The number of aromatic nitrogens is 2. The Balaban J connectivity index is 1.79. The second kappa shape index (κ2) is 8.32. The fourth-order valence-corrected chi connectivity index (χ4v) is 2.98. The van der Waals surface area contributed by atoms with E-state index in [2.05, 4.69) is 5.10 Å². The van der Waals surface area contributed by atoms with E-state index < -0.39 is 0 Å². The Kier molecular flexibility index (Phi) is 5.88. The molecule has 0 fully saturated rings. The van der Waals surface area contributed by atoms with Gasteiger partial charge in [-0.2, -0.15) is 4.68 Å². The van der Waals surface area contributed by atoms with E-state index in [-0.39, 0.29) is 10.7 Å². The maximum Gasteiger partial charge on any atom is 0.292 e. The van der Waals surface area contributed by atoms with Crippen molar-refractivity contribution in [3.63, 3.8) is 0 Å². The van der Waals surface area contributed by atoms with E-state index in [0.717, 1.165) is 10.5 Å². The van der Waals surface area contributed by atoms with Gasteiger partial charge >= 0.3 is 0 Å². The smallest absolute Gasteiger partial charge is 0.292 e. The van der Waals surface area contributed by atoms with Crippen molar-refractivity contribution in [3.05, 3.63) is 58.7 Å². The van der Waals surface area contributed by atoms with E-state index in [1.807, 2.05) is 19.2 Å². The van der Waals surface area contributed by atoms with Gasteiger partial charge in [0.05, 0.1) is 26.8 Å². The van der Waals surface area contributed by atoms with Gasteiger partial charge in [0.2, 0.25) is 0 Å². The molecular formula is C19H21FN3O3S+. The van der Waals surface area contributed by atoms with E-state index >= 15 is 0 Å². The Hall–Kier alpha value is -2.71. The highest BCUT2D eigenvalue weighted by molar-refractivity contribution is 7.71. The average Bonchev–Trinajstić information content (AvgIpc) is 3.01. The summed E-state index contributed by atoms with van der Waals surface area (Å²) in [4.78, 5) is 1.35. The molecule has 0 bridgehead atoms. The molecule has 0 saturated carbocycles. The summed E-state index contributed by atoms with van der Waals surface area (Å²) in [5.41, 5.74) is 1.59. The van der Waals surface area contributed by atoms with Crippen LogP contribution in [-0.4, -0.2) is 31.0 Å². The fraction of sp³-hybridized carbons (Fsp3) is 0.263. The van der Waals surface area contributed by atoms with Crippen LogP contribution in [0.2, 0.25) is 0 Å². The molecule has 3 aromatic rings. The van der Waals surface area contributed by atoms with Crippen molar-refractivity contribution in [1.82, 2.24) is 9.78 Å². The minimum Gasteiger partial charge on any atom is -0.497 e. The number of nitrogens with one attached hydrogen (secondary N) is 1. The molecule has 1 atom stereocenters. The van der Waals surface area contributed by atoms with Crippen LogP contribution in [0.3, 0.4) is 0 Å². The SMILES string of the molecule is COc1ccc(-c2nn(C[NH+](C)Cc3cccc(F)c3)c(=S)o2)c(OC)c1. The molecule has 8 heteroatoms. The van der Waals surface area contributed by atoms with Gasteiger partial charge in [0.25, 0.3) is 10.7 Å². The number of benzene rings is 2. The Morgan fingerprint density at radius 1 is 1.19 bits per heavy atom. The van der Waals surface area contributed by atoms with Gasteiger partial charge in [-0.3, -0.25) is 0 Å². The topological polar surface area (TPSA) is 53.9 Å². The molecule has 142 valence electrons. The van der Waals surface area contributed by atoms with Crippen LogP contribution in [0.15, 0.2) is 46.9 Å². The quantitative estimate of drug-likeness (QED) is 0.629. The van der Waals surface area contributed by atoms with Crippen molar-refractivity contribution >= 4 is 12.2 Å². The lowest BCUT2D eigenvalue weighted by Gasteiger charge is -2.13. The molecule has 0 amide bonds. The van der Waals surface area contributed by atoms with Crippen molar-refractivity contribution < 1.29 is 23.2 Å². The van der Waals surface area contributed by atoms with E-state index in [1.54, 1.807) is 37.1 Å². The second-order valence-corrected chi connectivity index (χ2v) is 6.51. The Morgan fingerprint density at radius 2 is 2.00 bits per heavy atom. The Morgan fingerprint density at radius 3 is 2.70 bits per heavy atom. The predicted octanol–water partition coefficient (Wildman–Crippen LogP) is 2.70. The Labute approximate surface area is 161 Å². The molecule has 1 aromatic heterocycles. The first-order valence-corrected chi connectivity index (χ1v) is 8.77. The van der Waals surface area contributed by atoms with Gasteiger partial charge in [0.15, 0.2) is 6.67 Å². The molecule has 0 spiro atoms. The van der Waals surface area contributed by atoms with E-state index in [0.29, 0.717) is 36.2 Å². The summed E-state index contributed by atoms with van der Waals surface area (Å²) in [5.74, 6) is 1.39. The maximum absolute atomic E-state index is 13.3. The van der Waals surface area contributed by atoms with Crippen molar-refractivity contribution in [2.75, 3.05) is 21.3 Å². The normalized spacial score (nSPS) is 12.0. The molecule has 0 aliphatic carbocycles. The fourth-order valence-electron chi connectivity index (χ4n) is 2.80. The number of hydrogen-bond donors (Lipinski definition) is 1. The monoisotopic (exact) mass is 390 g/mol. The first kappa shape index (κ1) is 19.1. The molecule has 0 radical (unpaired) electrons. The number of rotatable bonds is 7. The van der Waals surface area contributed by atoms with Crippen LogP contribution in [0.4, 0.5) is 4.39 Å². The average molecular weight is 390 g/mol. The molecule has 27 heavy (non-hydrogen) atoms. The molecule has 1 N–H and O–H groups in total. The van der Waals surface area contributed by atoms with Gasteiger partial charge in [0, 0.05) is 11.6 Å². The minimum absolute atomic E-state index is 0.243. The number of hydrogen-bond acceptors (Lipinski definition) is 5. The first-order valence-electron chi connectivity index (χ1n) is 8.36. The van der Waals surface area contributed by atoms with Crippen LogP contribution >= 0.6 is 12.2 Å². The van der Waals surface area contributed by atoms with Gasteiger partial charge in [-0.15, -0.1) is 5.10 Å². The summed E-state index contributed by atoms with van der Waals surface area (Å²) in [6.07, 6.45) is 0. The lowest BCUT2D eigenvalue weighted by molar-refractivity contribution is -0.917. The predicted molar refractivity (Wildman–Crippen MR) is 101 cm³/mol. The number of halogens is 1. The van der Waals surface area contributed by atoms with Gasteiger partial charge in [-0.05, 0) is 36.5 Å². The molecule has 2 aromatic carbocycles. The van der Waals surface area contributed by atoms with Gasteiger partial charge in [-0.1, -0.05) is 12.1 Å². The number of quaternary nitrogens is 1. The van der Waals surface area contributed by atoms with Crippen LogP contribution in [0.25, 0.3) is 11.5 Å². The number of ether oxygens (including phenoxy) is 2. The summed E-state index contributed by atoms with van der Waals surface area (Å²) in [6, 6.07) is 11.9. The molecule has 3 rings (SSSR count). The minimum atomic E-state index is -0.243. The summed E-state index contributed by atoms with van der Waals surface area (Å²) >= 11 is 5.30. The molecule has 6 nitrogen and oxygen atoms in total. The second-order valence-electron chi connectivity index (χ2n) is 6.16. The highest BCUT2D eigenvalue weighted by Gasteiger charge is 2.16. The molecule has 1 heterocycles. The standard InChI is InChI=1S/C19H20FN3O3S/c1-22(11-13-5-4-6-14(20)9-13)12-23-19(27)26-18(21-23)16-8-7-15(24-2)10-17(16)25-3/h4-10H,11-12H2,1-3H3/p+1. The summed E-state index contributed by atoms with van der Waals surface area (Å²) in [6.45, 7) is 1.12. The maximum atomic E-state index is 13.3. The molecule has 0 saturated heterocycles. The lowest BCUT2D eigenvalue weighted by atomic mass is 10.2. The summed E-state index contributed by atoms with van der Waals surface area (Å²) < 4.78 is 31.2. The van der Waals surface area contributed by atoms with E-state index in [1.165, 1.54) is 12.1 Å². The Bertz CT molecular complexity index is 986. The van der Waals surface area contributed by atoms with Gasteiger partial charge in [0.1, 0.15) is 23.9 Å². The largest absolute Gasteiger partial charge is 0.497 e. The third-order valence-corrected chi connectivity index (χ3v) is 4.35. The van der Waals surface area contributed by atoms with Crippen molar-refractivity contribution in [1.29, 1.82) is 0 Å². The molecule has 1 unspecified atom stereocenters. The van der Waals surface area contributed by atoms with Crippen LogP contribution in [0.5, 0.6) is 11.5 Å². The molecule has 0 aliphatic heterocycles. The van der Waals surface area contributed by atoms with Crippen molar-refractivity contribution in [2.45, 2.75) is 13.2 Å². The van der Waals surface area contributed by atoms with E-state index in [9.17, 15) is 4.39 Å². The van der Waals surface area contributed by atoms with Crippen LogP contribution in [0.1, 0.15) is 5.56 Å². The lowest BCUT2D eigenvalue weighted by Crippen LogP contribution is -3.07. The summed E-state index contributed by atoms with van der Waals surface area (Å²) in [7, 11) is 5.14. The number of nitrogens with zero attached hydrogens (tertiary/aromatic N) is 2. The third-order valence-electron chi connectivity index (χ3n) is 4.06. The first-order chi connectivity index (χ1) is 13.0. The highest BCUT2D eigenvalue weighted by Crippen LogP contribution is 2.32. The highest BCUT2D eigenvalue weighted by atomic mass is 32.1.